The number of hydrogen-bond acceptors (Lipinski definition) is 2. The maximum Gasteiger partial charge on any atom is 0.194 e. The zero-order valence-corrected chi connectivity index (χ0v) is 7.90. The second kappa shape index (κ2) is 3.50. The summed E-state index contributed by atoms with van der Waals surface area (Å²) in [6.45, 7) is 0.192. The zero-order chi connectivity index (χ0) is 11.1. The Kier molecular flexibility index (Phi) is 2.44. The van der Waals surface area contributed by atoms with Crippen LogP contribution in [0.4, 0.5) is 13.2 Å². The largest absolute Gasteiger partial charge is 0.304 e. The molecule has 1 aromatic rings. The Hall–Kier alpha value is -1.07. The summed E-state index contributed by atoms with van der Waals surface area (Å²) in [5, 5.41) is 0. The van der Waals surface area contributed by atoms with Crippen LogP contribution in [0.15, 0.2) is 12.1 Å². The Bertz CT molecular complexity index is 367. The molecule has 2 rings (SSSR count). The average molecular weight is 217 g/mol. The van der Waals surface area contributed by atoms with Crippen molar-refractivity contribution >= 4 is 0 Å². The van der Waals surface area contributed by atoms with Gasteiger partial charge in [-0.15, -0.1) is 0 Å². The monoisotopic (exact) mass is 217 g/mol. The van der Waals surface area contributed by atoms with Crippen LogP contribution in [-0.2, 0) is 10.3 Å². The summed E-state index contributed by atoms with van der Waals surface area (Å²) in [4.78, 5) is 4.49. The molecule has 82 valence electrons. The molecule has 1 aliphatic carbocycles. The second-order valence-electron chi connectivity index (χ2n) is 3.85. The van der Waals surface area contributed by atoms with Gasteiger partial charge in [0, 0.05) is 5.41 Å². The topological polar surface area (TPSA) is 35.2 Å². The summed E-state index contributed by atoms with van der Waals surface area (Å²) in [5.41, 5.74) is -0.0197. The minimum Gasteiger partial charge on any atom is -0.304 e. The number of hydrogen-bond donors (Lipinski definition) is 1. The van der Waals surface area contributed by atoms with Gasteiger partial charge in [-0.3, -0.25) is 0 Å². The van der Waals surface area contributed by atoms with E-state index in [1.54, 1.807) is 0 Å². The van der Waals surface area contributed by atoms with E-state index in [9.17, 15) is 13.2 Å². The fraction of sp³-hybridized carbons (Fsp3) is 0.400. The van der Waals surface area contributed by atoms with E-state index in [2.05, 4.69) is 4.84 Å². The number of nitrogens with two attached hydrogens (primary N) is 1. The van der Waals surface area contributed by atoms with E-state index in [0.29, 0.717) is 5.56 Å². The van der Waals surface area contributed by atoms with E-state index in [1.165, 1.54) is 0 Å². The molecule has 0 unspecified atom stereocenters. The molecule has 1 fully saturated rings. The van der Waals surface area contributed by atoms with Gasteiger partial charge >= 0.3 is 0 Å². The Morgan fingerprint density at radius 2 is 1.73 bits per heavy atom. The van der Waals surface area contributed by atoms with E-state index in [0.717, 1.165) is 25.0 Å². The highest BCUT2D eigenvalue weighted by Crippen LogP contribution is 2.48. The molecule has 5 heteroatoms. The van der Waals surface area contributed by atoms with Gasteiger partial charge < -0.3 is 4.84 Å². The highest BCUT2D eigenvalue weighted by atomic mass is 19.2. The van der Waals surface area contributed by atoms with Crippen LogP contribution in [0.25, 0.3) is 0 Å². The summed E-state index contributed by atoms with van der Waals surface area (Å²) >= 11 is 0. The first-order valence-corrected chi connectivity index (χ1v) is 4.56. The van der Waals surface area contributed by atoms with Crippen LogP contribution >= 0.6 is 0 Å². The SMILES string of the molecule is NOCC1(c2cc(F)c(F)c(F)c2)CC1. The Morgan fingerprint density at radius 1 is 1.20 bits per heavy atom. The summed E-state index contributed by atoms with van der Waals surface area (Å²) in [6.07, 6.45) is 1.49. The predicted molar refractivity (Wildman–Crippen MR) is 47.4 cm³/mol. The molecule has 2 nitrogen and oxygen atoms in total. The van der Waals surface area contributed by atoms with Gasteiger partial charge in [-0.1, -0.05) is 0 Å². The summed E-state index contributed by atoms with van der Waals surface area (Å²) < 4.78 is 38.6. The quantitative estimate of drug-likeness (QED) is 0.621. The molecule has 2 N–H and O–H groups in total. The molecule has 0 radical (unpaired) electrons. The minimum atomic E-state index is -1.44. The third-order valence-electron chi connectivity index (χ3n) is 2.81. The first kappa shape index (κ1) is 10.4. The van der Waals surface area contributed by atoms with Crippen molar-refractivity contribution in [2.75, 3.05) is 6.61 Å². The van der Waals surface area contributed by atoms with Gasteiger partial charge in [-0.2, -0.15) is 0 Å². The molecule has 1 saturated carbocycles. The normalized spacial score (nSPS) is 17.9. The van der Waals surface area contributed by atoms with E-state index >= 15 is 0 Å². The van der Waals surface area contributed by atoms with Crippen LogP contribution in [0, 0.1) is 17.5 Å². The highest BCUT2D eigenvalue weighted by Gasteiger charge is 2.45. The second-order valence-corrected chi connectivity index (χ2v) is 3.85. The first-order chi connectivity index (χ1) is 7.09. The Morgan fingerprint density at radius 3 is 2.13 bits per heavy atom. The van der Waals surface area contributed by atoms with Crippen molar-refractivity contribution in [3.8, 4) is 0 Å². The molecule has 0 aromatic heterocycles. The van der Waals surface area contributed by atoms with E-state index in [1.807, 2.05) is 0 Å². The molecule has 0 amide bonds. The van der Waals surface area contributed by atoms with Crippen LogP contribution in [0.2, 0.25) is 0 Å². The fourth-order valence-corrected chi connectivity index (χ4v) is 1.69. The van der Waals surface area contributed by atoms with Gasteiger partial charge in [-0.25, -0.2) is 19.1 Å². The van der Waals surface area contributed by atoms with Gasteiger partial charge in [-0.05, 0) is 30.5 Å². The predicted octanol–water partition coefficient (Wildman–Crippen LogP) is 2.03. The third-order valence-corrected chi connectivity index (χ3v) is 2.81. The van der Waals surface area contributed by atoms with Crippen LogP contribution in [0.3, 0.4) is 0 Å². The molecule has 0 bridgehead atoms. The molecule has 1 aliphatic rings. The van der Waals surface area contributed by atoms with Gasteiger partial charge in [0.25, 0.3) is 0 Å². The Balaban J connectivity index is 2.37. The molecular formula is C10H10F3NO. The molecule has 0 heterocycles. The van der Waals surface area contributed by atoms with Crippen LogP contribution in [-0.4, -0.2) is 6.61 Å². The fourth-order valence-electron chi connectivity index (χ4n) is 1.69. The lowest BCUT2D eigenvalue weighted by Gasteiger charge is -2.14. The smallest absolute Gasteiger partial charge is 0.194 e. The molecule has 0 saturated heterocycles. The van der Waals surface area contributed by atoms with Gasteiger partial charge in [0.1, 0.15) is 0 Å². The lowest BCUT2D eigenvalue weighted by molar-refractivity contribution is 0.116. The van der Waals surface area contributed by atoms with Gasteiger partial charge in [0.05, 0.1) is 6.61 Å². The van der Waals surface area contributed by atoms with Gasteiger partial charge in [0.2, 0.25) is 0 Å². The summed E-state index contributed by atoms with van der Waals surface area (Å²) in [7, 11) is 0. The highest BCUT2D eigenvalue weighted by molar-refractivity contribution is 5.33. The van der Waals surface area contributed by atoms with Crippen LogP contribution in [0.5, 0.6) is 0 Å². The van der Waals surface area contributed by atoms with E-state index < -0.39 is 22.9 Å². The molecule has 15 heavy (non-hydrogen) atoms. The standard InChI is InChI=1S/C10H10F3NO/c11-7-3-6(4-8(12)9(7)13)10(1-2-10)5-15-14/h3-4H,1-2,5,14H2. The third kappa shape index (κ3) is 1.72. The number of halogens is 3. The number of rotatable bonds is 3. The lowest BCUT2D eigenvalue weighted by atomic mass is 9.96. The Labute approximate surface area is 84.8 Å². The van der Waals surface area contributed by atoms with Crippen molar-refractivity contribution in [2.24, 2.45) is 5.90 Å². The van der Waals surface area contributed by atoms with E-state index in [-0.39, 0.29) is 6.61 Å². The van der Waals surface area contributed by atoms with Crippen molar-refractivity contribution < 1.29 is 18.0 Å². The molecule has 1 aromatic carbocycles. The van der Waals surface area contributed by atoms with Crippen molar-refractivity contribution in [1.29, 1.82) is 0 Å². The van der Waals surface area contributed by atoms with Crippen molar-refractivity contribution in [1.82, 2.24) is 0 Å². The molecule has 0 aliphatic heterocycles. The first-order valence-electron chi connectivity index (χ1n) is 4.56. The summed E-state index contributed by atoms with van der Waals surface area (Å²) in [6, 6.07) is 2.01. The zero-order valence-electron chi connectivity index (χ0n) is 7.90. The maximum atomic E-state index is 13.0. The molecular weight excluding hydrogens is 207 g/mol. The molecule has 0 atom stereocenters. The maximum absolute atomic E-state index is 13.0. The molecule has 0 spiro atoms. The van der Waals surface area contributed by atoms with Crippen molar-refractivity contribution in [3.05, 3.63) is 35.1 Å². The van der Waals surface area contributed by atoms with Crippen molar-refractivity contribution in [3.63, 3.8) is 0 Å². The minimum absolute atomic E-state index is 0.192. The van der Waals surface area contributed by atoms with Crippen molar-refractivity contribution in [2.45, 2.75) is 18.3 Å². The summed E-state index contributed by atoms with van der Waals surface area (Å²) in [5.74, 6) is 1.15. The van der Waals surface area contributed by atoms with E-state index in [4.69, 9.17) is 5.90 Å². The van der Waals surface area contributed by atoms with Gasteiger partial charge in [0.15, 0.2) is 17.5 Å². The average Bonchev–Trinajstić information content (AvgIpc) is 2.95. The number of benzene rings is 1. The lowest BCUT2D eigenvalue weighted by Crippen LogP contribution is -2.18. The van der Waals surface area contributed by atoms with Crippen LogP contribution in [0.1, 0.15) is 18.4 Å². The van der Waals surface area contributed by atoms with Crippen LogP contribution < -0.4 is 5.90 Å².